The molecule has 0 aliphatic carbocycles. The minimum atomic E-state index is 0.0138. The molecule has 148 valence electrons. The second-order valence-corrected chi connectivity index (χ2v) is 8.27. The highest BCUT2D eigenvalue weighted by Gasteiger charge is 2.20. The first-order valence-electron chi connectivity index (χ1n) is 9.37. The summed E-state index contributed by atoms with van der Waals surface area (Å²) < 4.78 is 6.68. The van der Waals surface area contributed by atoms with Crippen LogP contribution in [0.5, 0.6) is 5.75 Å². The van der Waals surface area contributed by atoms with E-state index in [1.165, 1.54) is 16.2 Å². The highest BCUT2D eigenvalue weighted by molar-refractivity contribution is 7.22. The Kier molecular flexibility index (Phi) is 7.25. The number of hydrogen-bond acceptors (Lipinski definition) is 4. The molecule has 7 heteroatoms. The molecule has 0 atom stereocenters. The van der Waals surface area contributed by atoms with Crippen molar-refractivity contribution in [3.05, 3.63) is 53.6 Å². The van der Waals surface area contributed by atoms with Crippen molar-refractivity contribution in [2.45, 2.75) is 12.8 Å². The first-order chi connectivity index (χ1) is 13.5. The number of fused-ring (bicyclic) bond motifs is 1. The van der Waals surface area contributed by atoms with Crippen LogP contribution in [0, 0.1) is 0 Å². The van der Waals surface area contributed by atoms with Crippen LogP contribution in [0.15, 0.2) is 48.5 Å². The van der Waals surface area contributed by atoms with Gasteiger partial charge in [-0.05, 0) is 24.3 Å². The van der Waals surface area contributed by atoms with Crippen molar-refractivity contribution in [3.8, 4) is 5.75 Å². The maximum Gasteiger partial charge on any atom is 0.232 e. The standard InChI is InChI=1S/C21H24ClN3O2S/c1-24(2)13-7-14-25(19(26)12-15-27-16-8-4-3-5-9-16)21-23-20-17(22)10-6-11-18(20)28-21/h3-6,8-11H,7,12-15H2,1-2H3/p+1. The van der Waals surface area contributed by atoms with Crippen LogP contribution < -0.4 is 14.5 Å². The van der Waals surface area contributed by atoms with E-state index < -0.39 is 0 Å². The maximum absolute atomic E-state index is 12.9. The van der Waals surface area contributed by atoms with Gasteiger partial charge in [0, 0.05) is 13.0 Å². The Labute approximate surface area is 174 Å². The van der Waals surface area contributed by atoms with Gasteiger partial charge in [-0.2, -0.15) is 0 Å². The number of hydrogen-bond donors (Lipinski definition) is 1. The molecule has 0 unspecified atom stereocenters. The van der Waals surface area contributed by atoms with E-state index in [4.69, 9.17) is 16.3 Å². The number of halogens is 1. The van der Waals surface area contributed by atoms with E-state index in [1.807, 2.05) is 48.5 Å². The van der Waals surface area contributed by atoms with Crippen molar-refractivity contribution < 1.29 is 14.4 Å². The molecule has 1 aromatic heterocycles. The normalized spacial score (nSPS) is 11.1. The molecule has 1 N–H and O–H groups in total. The van der Waals surface area contributed by atoms with Gasteiger partial charge in [-0.3, -0.25) is 9.69 Å². The molecule has 0 saturated heterocycles. The topological polar surface area (TPSA) is 46.9 Å². The maximum atomic E-state index is 12.9. The number of benzene rings is 2. The summed E-state index contributed by atoms with van der Waals surface area (Å²) in [7, 11) is 4.22. The molecule has 2 aromatic carbocycles. The lowest BCUT2D eigenvalue weighted by Crippen LogP contribution is -3.05. The van der Waals surface area contributed by atoms with Crippen molar-refractivity contribution in [2.24, 2.45) is 0 Å². The number of rotatable bonds is 9. The predicted molar refractivity (Wildman–Crippen MR) is 116 cm³/mol. The van der Waals surface area contributed by atoms with Crippen LogP contribution in [0.25, 0.3) is 10.2 Å². The van der Waals surface area contributed by atoms with Crippen LogP contribution in [0.1, 0.15) is 12.8 Å². The van der Waals surface area contributed by atoms with Crippen LogP contribution in [0.3, 0.4) is 0 Å². The van der Waals surface area contributed by atoms with Gasteiger partial charge in [0.25, 0.3) is 0 Å². The molecule has 3 rings (SSSR count). The number of aromatic nitrogens is 1. The third-order valence-corrected chi connectivity index (χ3v) is 5.63. The summed E-state index contributed by atoms with van der Waals surface area (Å²) in [6.07, 6.45) is 1.20. The van der Waals surface area contributed by atoms with E-state index in [0.717, 1.165) is 28.9 Å². The van der Waals surface area contributed by atoms with Gasteiger partial charge >= 0.3 is 0 Å². The quantitative estimate of drug-likeness (QED) is 0.580. The SMILES string of the molecule is C[NH+](C)CCCN(C(=O)CCOc1ccccc1)c1nc2c(Cl)cccc2s1. The van der Waals surface area contributed by atoms with Crippen LogP contribution >= 0.6 is 22.9 Å². The van der Waals surface area contributed by atoms with Crippen molar-refractivity contribution in [1.29, 1.82) is 0 Å². The number of quaternary nitrogens is 1. The lowest BCUT2D eigenvalue weighted by Gasteiger charge is -2.20. The van der Waals surface area contributed by atoms with Crippen LogP contribution in [-0.2, 0) is 4.79 Å². The zero-order valence-electron chi connectivity index (χ0n) is 16.2. The Morgan fingerprint density at radius 2 is 1.96 bits per heavy atom. The number of ether oxygens (including phenoxy) is 1. The largest absolute Gasteiger partial charge is 0.493 e. The van der Waals surface area contributed by atoms with Gasteiger partial charge in [-0.1, -0.05) is 47.2 Å². The zero-order valence-corrected chi connectivity index (χ0v) is 17.7. The monoisotopic (exact) mass is 418 g/mol. The molecule has 28 heavy (non-hydrogen) atoms. The molecular formula is C21H25ClN3O2S+. The third-order valence-electron chi connectivity index (χ3n) is 4.28. The number of nitrogens with one attached hydrogen (secondary N) is 1. The van der Waals surface area contributed by atoms with E-state index in [-0.39, 0.29) is 5.91 Å². The predicted octanol–water partition coefficient (Wildman–Crippen LogP) is 3.29. The number of anilines is 1. The average molecular weight is 419 g/mol. The molecule has 0 spiro atoms. The zero-order chi connectivity index (χ0) is 19.9. The Morgan fingerprint density at radius 1 is 1.18 bits per heavy atom. The number of carbonyl (C=O) groups excluding carboxylic acids is 1. The fraction of sp³-hybridized carbons (Fsp3) is 0.333. The first kappa shape index (κ1) is 20.6. The van der Waals surface area contributed by atoms with Gasteiger partial charge in [0.15, 0.2) is 5.13 Å². The van der Waals surface area contributed by atoms with Crippen molar-refractivity contribution in [1.82, 2.24) is 4.98 Å². The molecule has 0 aliphatic rings. The molecule has 1 heterocycles. The summed E-state index contributed by atoms with van der Waals surface area (Å²) in [5.74, 6) is 0.782. The van der Waals surface area contributed by atoms with Gasteiger partial charge in [-0.15, -0.1) is 0 Å². The Bertz CT molecular complexity index is 914. The minimum absolute atomic E-state index is 0.0138. The highest BCUT2D eigenvalue weighted by atomic mass is 35.5. The van der Waals surface area contributed by atoms with Gasteiger partial charge in [0.2, 0.25) is 5.91 Å². The van der Waals surface area contributed by atoms with E-state index in [1.54, 1.807) is 4.90 Å². The second-order valence-electron chi connectivity index (χ2n) is 6.85. The fourth-order valence-electron chi connectivity index (χ4n) is 2.84. The van der Waals surface area contributed by atoms with Crippen LogP contribution in [-0.4, -0.2) is 44.7 Å². The molecule has 5 nitrogen and oxygen atoms in total. The number of thiazole rings is 1. The summed E-state index contributed by atoms with van der Waals surface area (Å²) in [5.41, 5.74) is 0.751. The van der Waals surface area contributed by atoms with E-state index >= 15 is 0 Å². The average Bonchev–Trinajstić information content (AvgIpc) is 3.11. The van der Waals surface area contributed by atoms with Gasteiger partial charge < -0.3 is 9.64 Å². The number of nitrogens with zero attached hydrogens (tertiary/aromatic N) is 2. The first-order valence-corrected chi connectivity index (χ1v) is 10.6. The number of amides is 1. The van der Waals surface area contributed by atoms with Gasteiger partial charge in [-0.25, -0.2) is 4.98 Å². The second kappa shape index (κ2) is 9.87. The van der Waals surface area contributed by atoms with Gasteiger partial charge in [0.05, 0.1) is 43.4 Å². The van der Waals surface area contributed by atoms with E-state index in [0.29, 0.717) is 29.7 Å². The Hall–Kier alpha value is -2.15. The van der Waals surface area contributed by atoms with Crippen molar-refractivity contribution in [3.63, 3.8) is 0 Å². The van der Waals surface area contributed by atoms with Crippen LogP contribution in [0.4, 0.5) is 5.13 Å². The summed E-state index contributed by atoms with van der Waals surface area (Å²) in [6, 6.07) is 15.2. The molecular weight excluding hydrogens is 394 g/mol. The summed E-state index contributed by atoms with van der Waals surface area (Å²) in [6.45, 7) is 1.95. The van der Waals surface area contributed by atoms with E-state index in [2.05, 4.69) is 19.1 Å². The molecule has 1 amide bonds. The molecule has 3 aromatic rings. The number of para-hydroxylation sites is 2. The highest BCUT2D eigenvalue weighted by Crippen LogP contribution is 2.33. The van der Waals surface area contributed by atoms with Crippen molar-refractivity contribution >= 4 is 44.2 Å². The molecule has 0 radical (unpaired) electrons. The Morgan fingerprint density at radius 3 is 2.68 bits per heavy atom. The molecule has 0 saturated carbocycles. The summed E-state index contributed by atoms with van der Waals surface area (Å²) in [4.78, 5) is 20.7. The molecule has 0 bridgehead atoms. The summed E-state index contributed by atoms with van der Waals surface area (Å²) in [5, 5.41) is 1.30. The van der Waals surface area contributed by atoms with Crippen molar-refractivity contribution in [2.75, 3.05) is 38.7 Å². The molecule has 0 fully saturated rings. The van der Waals surface area contributed by atoms with Crippen LogP contribution in [0.2, 0.25) is 5.02 Å². The fourth-order valence-corrected chi connectivity index (χ4v) is 4.15. The lowest BCUT2D eigenvalue weighted by atomic mass is 10.3. The van der Waals surface area contributed by atoms with E-state index in [9.17, 15) is 4.79 Å². The minimum Gasteiger partial charge on any atom is -0.493 e. The lowest BCUT2D eigenvalue weighted by molar-refractivity contribution is -0.858. The third kappa shape index (κ3) is 5.44. The Balaban J connectivity index is 1.71. The summed E-state index contributed by atoms with van der Waals surface area (Å²) >= 11 is 7.77. The number of carbonyl (C=O) groups is 1. The van der Waals surface area contributed by atoms with Gasteiger partial charge in [0.1, 0.15) is 11.3 Å². The smallest absolute Gasteiger partial charge is 0.232 e. The molecule has 0 aliphatic heterocycles.